The molecule has 1 N–H and O–H groups in total. The van der Waals surface area contributed by atoms with Crippen molar-refractivity contribution in [1.82, 2.24) is 5.32 Å². The molecular formula is C17H19Cl2NO. The van der Waals surface area contributed by atoms with Crippen LogP contribution in [-0.2, 0) is 6.42 Å². The highest BCUT2D eigenvalue weighted by molar-refractivity contribution is 6.42. The number of hydrogen-bond donors (Lipinski definition) is 1. The van der Waals surface area contributed by atoms with E-state index in [1.807, 2.05) is 31.3 Å². The molecule has 0 fully saturated rings. The van der Waals surface area contributed by atoms with E-state index < -0.39 is 0 Å². The van der Waals surface area contributed by atoms with Crippen LogP contribution in [0.15, 0.2) is 36.4 Å². The average Bonchev–Trinajstić information content (AvgIpc) is 2.49. The third-order valence-corrected chi connectivity index (χ3v) is 4.42. The van der Waals surface area contributed by atoms with E-state index in [-0.39, 0.29) is 6.04 Å². The summed E-state index contributed by atoms with van der Waals surface area (Å²) in [5, 5.41) is 4.53. The molecule has 0 bridgehead atoms. The minimum Gasteiger partial charge on any atom is -0.496 e. The summed E-state index contributed by atoms with van der Waals surface area (Å²) in [6, 6.07) is 12.0. The highest BCUT2D eigenvalue weighted by Gasteiger charge is 2.17. The molecule has 0 radical (unpaired) electrons. The van der Waals surface area contributed by atoms with Crippen LogP contribution in [0, 0.1) is 6.92 Å². The van der Waals surface area contributed by atoms with Gasteiger partial charge in [0.25, 0.3) is 0 Å². The minimum absolute atomic E-state index is 0.107. The van der Waals surface area contributed by atoms with Gasteiger partial charge in [-0.2, -0.15) is 0 Å². The summed E-state index contributed by atoms with van der Waals surface area (Å²) in [5.74, 6) is 0.873. The standard InChI is InChI=1S/C17H19Cl2NO/c1-11-7-8-16(21-3)13(9-11)15(20-2)10-12-5-4-6-14(18)17(12)19/h4-9,15,20H,10H2,1-3H3. The summed E-state index contributed by atoms with van der Waals surface area (Å²) >= 11 is 12.4. The van der Waals surface area contributed by atoms with Gasteiger partial charge < -0.3 is 10.1 Å². The number of rotatable bonds is 5. The molecule has 0 spiro atoms. The smallest absolute Gasteiger partial charge is 0.123 e. The Bertz CT molecular complexity index is 628. The summed E-state index contributed by atoms with van der Waals surface area (Å²) in [6.07, 6.45) is 0.746. The van der Waals surface area contributed by atoms with Gasteiger partial charge in [0.05, 0.1) is 17.2 Å². The zero-order valence-electron chi connectivity index (χ0n) is 12.4. The molecule has 0 aromatic heterocycles. The van der Waals surface area contributed by atoms with E-state index in [0.29, 0.717) is 10.0 Å². The van der Waals surface area contributed by atoms with Gasteiger partial charge in [0, 0.05) is 11.6 Å². The molecule has 2 rings (SSSR count). The Balaban J connectivity index is 2.36. The summed E-state index contributed by atoms with van der Waals surface area (Å²) in [4.78, 5) is 0. The number of hydrogen-bond acceptors (Lipinski definition) is 2. The normalized spacial score (nSPS) is 12.2. The summed E-state index contributed by atoms with van der Waals surface area (Å²) < 4.78 is 5.48. The molecule has 0 heterocycles. The Labute approximate surface area is 136 Å². The van der Waals surface area contributed by atoms with E-state index in [0.717, 1.165) is 23.3 Å². The van der Waals surface area contributed by atoms with Crippen LogP contribution >= 0.6 is 23.2 Å². The van der Waals surface area contributed by atoms with Crippen molar-refractivity contribution in [1.29, 1.82) is 0 Å². The molecule has 0 amide bonds. The summed E-state index contributed by atoms with van der Waals surface area (Å²) in [7, 11) is 3.62. The molecule has 0 saturated carbocycles. The zero-order chi connectivity index (χ0) is 15.4. The van der Waals surface area contributed by atoms with Crippen molar-refractivity contribution in [3.05, 3.63) is 63.1 Å². The van der Waals surface area contributed by atoms with Crippen LogP contribution in [-0.4, -0.2) is 14.2 Å². The monoisotopic (exact) mass is 323 g/mol. The zero-order valence-corrected chi connectivity index (χ0v) is 13.9. The molecule has 1 atom stereocenters. The van der Waals surface area contributed by atoms with E-state index in [2.05, 4.69) is 18.3 Å². The molecule has 0 aliphatic carbocycles. The second-order valence-corrected chi connectivity index (χ2v) is 5.79. The van der Waals surface area contributed by atoms with Crippen LogP contribution in [0.3, 0.4) is 0 Å². The van der Waals surface area contributed by atoms with E-state index in [4.69, 9.17) is 27.9 Å². The van der Waals surface area contributed by atoms with Gasteiger partial charge in [-0.25, -0.2) is 0 Å². The second kappa shape index (κ2) is 7.17. The maximum atomic E-state index is 6.30. The van der Waals surface area contributed by atoms with Crippen molar-refractivity contribution in [2.45, 2.75) is 19.4 Å². The lowest BCUT2D eigenvalue weighted by atomic mass is 9.96. The van der Waals surface area contributed by atoms with Crippen LogP contribution < -0.4 is 10.1 Å². The van der Waals surface area contributed by atoms with Gasteiger partial charge in [-0.1, -0.05) is 53.0 Å². The van der Waals surface area contributed by atoms with Crippen molar-refractivity contribution >= 4 is 23.2 Å². The van der Waals surface area contributed by atoms with Crippen molar-refractivity contribution < 1.29 is 4.74 Å². The predicted octanol–water partition coefficient (Wildman–Crippen LogP) is 4.81. The number of halogens is 2. The number of aryl methyl sites for hydroxylation is 1. The summed E-state index contributed by atoms with van der Waals surface area (Å²) in [6.45, 7) is 2.07. The molecule has 2 nitrogen and oxygen atoms in total. The van der Waals surface area contributed by atoms with Crippen LogP contribution in [0.4, 0.5) is 0 Å². The first-order chi connectivity index (χ1) is 10.1. The van der Waals surface area contributed by atoms with Gasteiger partial charge in [-0.05, 0) is 38.1 Å². The molecule has 112 valence electrons. The molecule has 0 saturated heterocycles. The lowest BCUT2D eigenvalue weighted by molar-refractivity contribution is 0.401. The van der Waals surface area contributed by atoms with Crippen molar-refractivity contribution in [3.8, 4) is 5.75 Å². The quantitative estimate of drug-likeness (QED) is 0.852. The van der Waals surface area contributed by atoms with Gasteiger partial charge in [0.1, 0.15) is 5.75 Å². The van der Waals surface area contributed by atoms with E-state index >= 15 is 0 Å². The Kier molecular flexibility index (Phi) is 5.51. The molecule has 2 aromatic carbocycles. The summed E-state index contributed by atoms with van der Waals surface area (Å²) in [5.41, 5.74) is 3.34. The first-order valence-corrected chi connectivity index (χ1v) is 7.57. The minimum atomic E-state index is 0.107. The number of likely N-dealkylation sites (N-methyl/N-ethyl adjacent to an activating group) is 1. The molecular weight excluding hydrogens is 305 g/mol. The van der Waals surface area contributed by atoms with Gasteiger partial charge in [-0.15, -0.1) is 0 Å². The van der Waals surface area contributed by atoms with E-state index in [1.54, 1.807) is 13.2 Å². The van der Waals surface area contributed by atoms with Crippen LogP contribution in [0.1, 0.15) is 22.7 Å². The van der Waals surface area contributed by atoms with Gasteiger partial charge in [-0.3, -0.25) is 0 Å². The molecule has 0 aliphatic rings. The van der Waals surface area contributed by atoms with Gasteiger partial charge in [0.2, 0.25) is 0 Å². The Morgan fingerprint density at radius 1 is 1.19 bits per heavy atom. The average molecular weight is 324 g/mol. The molecule has 1 unspecified atom stereocenters. The van der Waals surface area contributed by atoms with Crippen LogP contribution in [0.25, 0.3) is 0 Å². The molecule has 2 aromatic rings. The number of ether oxygens (including phenoxy) is 1. The Morgan fingerprint density at radius 2 is 1.95 bits per heavy atom. The van der Waals surface area contributed by atoms with Crippen molar-refractivity contribution in [3.63, 3.8) is 0 Å². The number of benzene rings is 2. The highest BCUT2D eigenvalue weighted by Crippen LogP contribution is 2.32. The first kappa shape index (κ1) is 16.2. The van der Waals surface area contributed by atoms with Gasteiger partial charge >= 0.3 is 0 Å². The number of methoxy groups -OCH3 is 1. The third kappa shape index (κ3) is 3.70. The van der Waals surface area contributed by atoms with E-state index in [1.165, 1.54) is 5.56 Å². The lowest BCUT2D eigenvalue weighted by Crippen LogP contribution is -2.20. The SMILES string of the molecule is CNC(Cc1cccc(Cl)c1Cl)c1cc(C)ccc1OC. The first-order valence-electron chi connectivity index (χ1n) is 6.81. The fourth-order valence-electron chi connectivity index (χ4n) is 2.42. The van der Waals surface area contributed by atoms with Crippen LogP contribution in [0.2, 0.25) is 10.0 Å². The fourth-order valence-corrected chi connectivity index (χ4v) is 2.82. The maximum absolute atomic E-state index is 6.30. The van der Waals surface area contributed by atoms with E-state index in [9.17, 15) is 0 Å². The molecule has 0 aliphatic heterocycles. The maximum Gasteiger partial charge on any atom is 0.123 e. The van der Waals surface area contributed by atoms with Gasteiger partial charge in [0.15, 0.2) is 0 Å². The Hall–Kier alpha value is -1.22. The molecule has 4 heteroatoms. The predicted molar refractivity (Wildman–Crippen MR) is 89.7 cm³/mol. The Morgan fingerprint density at radius 3 is 2.62 bits per heavy atom. The van der Waals surface area contributed by atoms with Crippen LogP contribution in [0.5, 0.6) is 5.75 Å². The largest absolute Gasteiger partial charge is 0.496 e. The topological polar surface area (TPSA) is 21.3 Å². The lowest BCUT2D eigenvalue weighted by Gasteiger charge is -2.21. The third-order valence-electron chi connectivity index (χ3n) is 3.56. The number of nitrogens with one attached hydrogen (secondary N) is 1. The van der Waals surface area contributed by atoms with Crippen molar-refractivity contribution in [2.75, 3.05) is 14.2 Å². The molecule has 21 heavy (non-hydrogen) atoms. The van der Waals surface area contributed by atoms with Crippen molar-refractivity contribution in [2.24, 2.45) is 0 Å². The second-order valence-electron chi connectivity index (χ2n) is 5.00. The highest BCUT2D eigenvalue weighted by atomic mass is 35.5. The fraction of sp³-hybridized carbons (Fsp3) is 0.294.